The zero-order chi connectivity index (χ0) is 17.2. The number of hydrogen-bond acceptors (Lipinski definition) is 3. The Balaban J connectivity index is 1.72. The average molecular weight is 430 g/mol. The van der Waals surface area contributed by atoms with Crippen molar-refractivity contribution in [3.8, 4) is 0 Å². The molecule has 6 heteroatoms. The third-order valence-electron chi connectivity index (χ3n) is 4.28. The molecule has 0 aliphatic carbocycles. The molecular formula is C19H16BrN3S2. The Kier molecular flexibility index (Phi) is 4.83. The highest BCUT2D eigenvalue weighted by Gasteiger charge is 2.40. The maximum Gasteiger partial charge on any atom is 0.170 e. The summed E-state index contributed by atoms with van der Waals surface area (Å²) in [6.45, 7) is 0.774. The van der Waals surface area contributed by atoms with Crippen LogP contribution in [0, 0.1) is 0 Å². The summed E-state index contributed by atoms with van der Waals surface area (Å²) in [4.78, 5) is 8.10. The van der Waals surface area contributed by atoms with Crippen LogP contribution in [0.15, 0.2) is 70.6 Å². The summed E-state index contributed by atoms with van der Waals surface area (Å²) < 4.78 is 1.12. The van der Waals surface area contributed by atoms with Crippen LogP contribution in [0.3, 0.4) is 0 Å². The fourth-order valence-corrected chi connectivity index (χ4v) is 5.03. The molecule has 1 aliphatic rings. The first-order chi connectivity index (χ1) is 12.2. The van der Waals surface area contributed by atoms with E-state index in [4.69, 9.17) is 12.2 Å². The molecule has 126 valence electrons. The van der Waals surface area contributed by atoms with Crippen molar-refractivity contribution in [2.75, 3.05) is 0 Å². The number of rotatable bonds is 4. The van der Waals surface area contributed by atoms with Gasteiger partial charge in [-0.15, -0.1) is 11.3 Å². The summed E-state index contributed by atoms with van der Waals surface area (Å²) >= 11 is 11.0. The molecule has 4 rings (SSSR count). The molecule has 3 aromatic rings. The van der Waals surface area contributed by atoms with E-state index in [0.29, 0.717) is 0 Å². The zero-order valence-electron chi connectivity index (χ0n) is 13.3. The van der Waals surface area contributed by atoms with Crippen molar-refractivity contribution in [1.82, 2.24) is 15.2 Å². The number of halogens is 1. The van der Waals surface area contributed by atoms with Gasteiger partial charge in [0.2, 0.25) is 0 Å². The van der Waals surface area contributed by atoms with E-state index < -0.39 is 0 Å². The molecule has 1 saturated heterocycles. The van der Waals surface area contributed by atoms with Crippen LogP contribution in [-0.2, 0) is 6.54 Å². The Morgan fingerprint density at radius 3 is 2.56 bits per heavy atom. The Labute approximate surface area is 164 Å². The van der Waals surface area contributed by atoms with E-state index in [-0.39, 0.29) is 12.1 Å². The van der Waals surface area contributed by atoms with E-state index in [9.17, 15) is 0 Å². The summed E-state index contributed by atoms with van der Waals surface area (Å²) in [6.07, 6.45) is 1.83. The van der Waals surface area contributed by atoms with Gasteiger partial charge in [-0.1, -0.05) is 36.4 Å². The maximum absolute atomic E-state index is 5.68. The van der Waals surface area contributed by atoms with Gasteiger partial charge in [-0.3, -0.25) is 4.98 Å². The van der Waals surface area contributed by atoms with Crippen LogP contribution in [0.5, 0.6) is 0 Å². The number of thiophene rings is 1. The lowest BCUT2D eigenvalue weighted by atomic mass is 10.0. The molecule has 2 atom stereocenters. The topological polar surface area (TPSA) is 28.2 Å². The van der Waals surface area contributed by atoms with Gasteiger partial charge in [-0.05, 0) is 58.0 Å². The summed E-state index contributed by atoms with van der Waals surface area (Å²) in [5.41, 5.74) is 2.25. The Morgan fingerprint density at radius 2 is 1.88 bits per heavy atom. The van der Waals surface area contributed by atoms with Crippen molar-refractivity contribution >= 4 is 44.6 Å². The van der Waals surface area contributed by atoms with Gasteiger partial charge in [0, 0.05) is 17.6 Å². The lowest BCUT2D eigenvalue weighted by molar-refractivity contribution is 0.315. The van der Waals surface area contributed by atoms with Crippen molar-refractivity contribution in [2.45, 2.75) is 18.6 Å². The molecule has 3 heterocycles. The molecule has 3 nitrogen and oxygen atoms in total. The van der Waals surface area contributed by atoms with Crippen LogP contribution >= 0.6 is 39.5 Å². The smallest absolute Gasteiger partial charge is 0.170 e. The van der Waals surface area contributed by atoms with Crippen LogP contribution in [0.25, 0.3) is 0 Å². The fraction of sp³-hybridized carbons (Fsp3) is 0.158. The number of hydrogen-bond donors (Lipinski definition) is 1. The van der Waals surface area contributed by atoms with Crippen molar-refractivity contribution < 1.29 is 0 Å². The van der Waals surface area contributed by atoms with Gasteiger partial charge >= 0.3 is 0 Å². The van der Waals surface area contributed by atoms with Crippen molar-refractivity contribution in [3.05, 3.63) is 86.8 Å². The first-order valence-corrected chi connectivity index (χ1v) is 10.0. The van der Waals surface area contributed by atoms with Crippen molar-refractivity contribution in [3.63, 3.8) is 0 Å². The fourth-order valence-electron chi connectivity index (χ4n) is 3.15. The van der Waals surface area contributed by atoms with Gasteiger partial charge in [0.15, 0.2) is 5.11 Å². The highest BCUT2D eigenvalue weighted by molar-refractivity contribution is 9.11. The number of pyridine rings is 1. The SMILES string of the molecule is S=C1NC(c2ccccn2)C(c2ccc(Br)s2)N1Cc1ccccc1. The molecule has 0 amide bonds. The van der Waals surface area contributed by atoms with Gasteiger partial charge in [0.25, 0.3) is 0 Å². The lowest BCUT2D eigenvalue weighted by Crippen LogP contribution is -2.28. The third kappa shape index (κ3) is 3.47. The van der Waals surface area contributed by atoms with Gasteiger partial charge < -0.3 is 10.2 Å². The minimum Gasteiger partial charge on any atom is -0.352 e. The lowest BCUT2D eigenvalue weighted by Gasteiger charge is -2.26. The molecule has 2 aromatic heterocycles. The number of nitrogens with one attached hydrogen (secondary N) is 1. The van der Waals surface area contributed by atoms with Crippen molar-refractivity contribution in [1.29, 1.82) is 0 Å². The Morgan fingerprint density at radius 1 is 1.08 bits per heavy atom. The molecule has 0 radical (unpaired) electrons. The quantitative estimate of drug-likeness (QED) is 0.585. The summed E-state index contributed by atoms with van der Waals surface area (Å²) in [5.74, 6) is 0. The molecule has 0 bridgehead atoms. The van der Waals surface area contributed by atoms with Gasteiger partial charge in [-0.25, -0.2) is 0 Å². The summed E-state index contributed by atoms with van der Waals surface area (Å²) in [5, 5.41) is 4.26. The second-order valence-corrected chi connectivity index (χ2v) is 8.76. The van der Waals surface area contributed by atoms with E-state index in [2.05, 4.69) is 73.6 Å². The van der Waals surface area contributed by atoms with E-state index in [0.717, 1.165) is 21.1 Å². The number of nitrogens with zero attached hydrogens (tertiary/aromatic N) is 2. The first kappa shape index (κ1) is 16.7. The number of benzene rings is 1. The summed E-state index contributed by atoms with van der Waals surface area (Å²) in [7, 11) is 0. The van der Waals surface area contributed by atoms with Crippen LogP contribution in [-0.4, -0.2) is 15.0 Å². The summed E-state index contributed by atoms with van der Waals surface area (Å²) in [6, 6.07) is 20.9. The molecule has 0 saturated carbocycles. The first-order valence-electron chi connectivity index (χ1n) is 7.99. The minimum absolute atomic E-state index is 0.0444. The largest absolute Gasteiger partial charge is 0.352 e. The standard InChI is InChI=1S/C19H16BrN3S2/c20-16-10-9-15(25-16)18-17(14-8-4-5-11-21-14)22-19(24)23(18)12-13-6-2-1-3-7-13/h1-11,17-18H,12H2,(H,22,24). The molecule has 1 aromatic carbocycles. The van der Waals surface area contributed by atoms with Crippen LogP contribution in [0.2, 0.25) is 0 Å². The van der Waals surface area contributed by atoms with Crippen LogP contribution < -0.4 is 5.32 Å². The Bertz CT molecular complexity index is 867. The van der Waals surface area contributed by atoms with E-state index in [1.807, 2.05) is 24.4 Å². The molecule has 1 N–H and O–H groups in total. The average Bonchev–Trinajstić information content (AvgIpc) is 3.20. The highest BCUT2D eigenvalue weighted by Crippen LogP contribution is 2.42. The second kappa shape index (κ2) is 7.23. The van der Waals surface area contributed by atoms with Gasteiger partial charge in [0.1, 0.15) is 0 Å². The van der Waals surface area contributed by atoms with Crippen LogP contribution in [0.4, 0.5) is 0 Å². The van der Waals surface area contributed by atoms with Crippen molar-refractivity contribution in [2.24, 2.45) is 0 Å². The van der Waals surface area contributed by atoms with E-state index in [1.54, 1.807) is 11.3 Å². The maximum atomic E-state index is 5.68. The molecule has 1 fully saturated rings. The molecule has 25 heavy (non-hydrogen) atoms. The van der Waals surface area contributed by atoms with Gasteiger partial charge in [-0.2, -0.15) is 0 Å². The minimum atomic E-state index is 0.0444. The highest BCUT2D eigenvalue weighted by atomic mass is 79.9. The van der Waals surface area contributed by atoms with E-state index in [1.165, 1.54) is 10.4 Å². The van der Waals surface area contributed by atoms with Gasteiger partial charge in [0.05, 0.1) is 21.6 Å². The predicted molar refractivity (Wildman–Crippen MR) is 109 cm³/mol. The molecule has 1 aliphatic heterocycles. The molecule has 2 unspecified atom stereocenters. The molecule has 0 spiro atoms. The zero-order valence-corrected chi connectivity index (χ0v) is 16.5. The second-order valence-electron chi connectivity index (χ2n) is 5.88. The third-order valence-corrected chi connectivity index (χ3v) is 6.33. The van der Waals surface area contributed by atoms with E-state index >= 15 is 0 Å². The number of aromatic nitrogens is 1. The van der Waals surface area contributed by atoms with Crippen LogP contribution in [0.1, 0.15) is 28.2 Å². The molecular weight excluding hydrogens is 414 g/mol. The predicted octanol–water partition coefficient (Wildman–Crippen LogP) is 5.08. The normalized spacial score (nSPS) is 19.9. The Hall–Kier alpha value is -1.76. The monoisotopic (exact) mass is 429 g/mol. The number of thiocarbonyl (C=S) groups is 1.